The van der Waals surface area contributed by atoms with Gasteiger partial charge in [-0.25, -0.2) is 0 Å². The molecule has 2 atom stereocenters. The highest BCUT2D eigenvalue weighted by Crippen LogP contribution is 2.36. The molecule has 4 rings (SSSR count). The standard InChI is InChI=1S/C20H13N3O4S/c21-12-14-11-16-17(20(25)19(14)24)18(13-7-3-1-4-8-13)22-23(16)28(26,27)15-9-5-2-6-10-15/h1-11,16-17H. The molecule has 138 valence electrons. The Morgan fingerprint density at radius 3 is 2.18 bits per heavy atom. The smallest absolute Gasteiger partial charge is 0.279 e. The van der Waals surface area contributed by atoms with Gasteiger partial charge in [0.05, 0.1) is 22.6 Å². The van der Waals surface area contributed by atoms with Crippen molar-refractivity contribution in [2.24, 2.45) is 11.0 Å². The number of carbonyl (C=O) groups is 2. The largest absolute Gasteiger partial charge is 0.290 e. The molecular weight excluding hydrogens is 378 g/mol. The van der Waals surface area contributed by atoms with Crippen LogP contribution in [0.3, 0.4) is 0 Å². The quantitative estimate of drug-likeness (QED) is 0.740. The Hall–Kier alpha value is -3.57. The van der Waals surface area contributed by atoms with Crippen molar-refractivity contribution in [3.8, 4) is 6.07 Å². The van der Waals surface area contributed by atoms with Gasteiger partial charge in [-0.15, -0.1) is 0 Å². The number of benzene rings is 2. The molecule has 2 aromatic carbocycles. The normalized spacial score (nSPS) is 21.6. The van der Waals surface area contributed by atoms with Gasteiger partial charge in [0.2, 0.25) is 11.6 Å². The first kappa shape index (κ1) is 17.8. The Morgan fingerprint density at radius 1 is 0.964 bits per heavy atom. The molecule has 0 amide bonds. The van der Waals surface area contributed by atoms with Gasteiger partial charge >= 0.3 is 0 Å². The minimum absolute atomic E-state index is 0.00284. The van der Waals surface area contributed by atoms with E-state index in [1.165, 1.54) is 18.2 Å². The Bertz CT molecular complexity index is 1180. The van der Waals surface area contributed by atoms with Gasteiger partial charge in [0.25, 0.3) is 10.0 Å². The lowest BCUT2D eigenvalue weighted by Crippen LogP contribution is -2.45. The number of hydrogen-bond acceptors (Lipinski definition) is 6. The summed E-state index contributed by atoms with van der Waals surface area (Å²) in [6, 6.07) is 16.9. The number of nitriles is 1. The first-order valence-corrected chi connectivity index (χ1v) is 9.83. The van der Waals surface area contributed by atoms with Gasteiger partial charge in [-0.2, -0.15) is 23.2 Å². The number of sulfonamides is 1. The van der Waals surface area contributed by atoms with E-state index in [2.05, 4.69) is 5.10 Å². The average molecular weight is 391 g/mol. The van der Waals surface area contributed by atoms with Crippen molar-refractivity contribution in [2.45, 2.75) is 10.9 Å². The van der Waals surface area contributed by atoms with E-state index in [1.54, 1.807) is 54.6 Å². The summed E-state index contributed by atoms with van der Waals surface area (Å²) >= 11 is 0. The zero-order valence-corrected chi connectivity index (χ0v) is 15.2. The molecule has 0 fully saturated rings. The SMILES string of the molecule is N#CC1=CC2C(C(=O)C1=O)C(c1ccccc1)=NN2S(=O)(=O)c1ccccc1. The minimum Gasteiger partial charge on any atom is -0.290 e. The number of hydrogen-bond donors (Lipinski definition) is 0. The van der Waals surface area contributed by atoms with Crippen molar-refractivity contribution in [1.29, 1.82) is 5.26 Å². The predicted octanol–water partition coefficient (Wildman–Crippen LogP) is 1.68. The van der Waals surface area contributed by atoms with Crippen LogP contribution in [0.5, 0.6) is 0 Å². The molecule has 7 nitrogen and oxygen atoms in total. The maximum atomic E-state index is 13.2. The van der Waals surface area contributed by atoms with Crippen LogP contribution in [0, 0.1) is 17.2 Å². The average Bonchev–Trinajstić information content (AvgIpc) is 3.12. The van der Waals surface area contributed by atoms with E-state index >= 15 is 0 Å². The maximum Gasteiger partial charge on any atom is 0.279 e. The third-order valence-corrected chi connectivity index (χ3v) is 6.35. The van der Waals surface area contributed by atoms with Crippen LogP contribution in [-0.2, 0) is 19.6 Å². The van der Waals surface area contributed by atoms with Gasteiger partial charge in [-0.3, -0.25) is 9.59 Å². The molecule has 1 aliphatic carbocycles. The Balaban J connectivity index is 1.92. The van der Waals surface area contributed by atoms with Crippen molar-refractivity contribution >= 4 is 27.3 Å². The van der Waals surface area contributed by atoms with Crippen molar-refractivity contribution in [3.63, 3.8) is 0 Å². The molecule has 0 aromatic heterocycles. The molecule has 0 radical (unpaired) electrons. The summed E-state index contributed by atoms with van der Waals surface area (Å²) in [4.78, 5) is 25.0. The van der Waals surface area contributed by atoms with E-state index in [1.807, 2.05) is 0 Å². The summed E-state index contributed by atoms with van der Waals surface area (Å²) in [6.07, 6.45) is 1.22. The summed E-state index contributed by atoms with van der Waals surface area (Å²) in [5.74, 6) is -2.85. The zero-order chi connectivity index (χ0) is 19.9. The van der Waals surface area contributed by atoms with Gasteiger partial charge in [0.1, 0.15) is 11.6 Å². The van der Waals surface area contributed by atoms with E-state index in [-0.39, 0.29) is 16.2 Å². The maximum absolute atomic E-state index is 13.2. The number of ketones is 2. The number of hydrazone groups is 1. The molecular formula is C20H13N3O4S. The lowest BCUT2D eigenvalue weighted by atomic mass is 9.80. The molecule has 8 heteroatoms. The highest BCUT2D eigenvalue weighted by molar-refractivity contribution is 7.89. The Labute approximate surface area is 161 Å². The van der Waals surface area contributed by atoms with Crippen molar-refractivity contribution in [1.82, 2.24) is 4.41 Å². The molecule has 2 aliphatic rings. The van der Waals surface area contributed by atoms with E-state index < -0.39 is 33.5 Å². The molecule has 0 saturated carbocycles. The lowest BCUT2D eigenvalue weighted by molar-refractivity contribution is -0.136. The van der Waals surface area contributed by atoms with E-state index in [0.717, 1.165) is 4.41 Å². The summed E-state index contributed by atoms with van der Waals surface area (Å²) in [5, 5.41) is 13.4. The Kier molecular flexibility index (Phi) is 4.17. The van der Waals surface area contributed by atoms with Gasteiger partial charge < -0.3 is 0 Å². The first-order chi connectivity index (χ1) is 13.4. The lowest BCUT2D eigenvalue weighted by Gasteiger charge is -2.26. The number of carbonyl (C=O) groups excluding carboxylic acids is 2. The fraction of sp³-hybridized carbons (Fsp3) is 0.100. The van der Waals surface area contributed by atoms with E-state index in [0.29, 0.717) is 5.56 Å². The van der Waals surface area contributed by atoms with Crippen LogP contribution in [0.15, 0.2) is 82.3 Å². The number of nitrogens with zero attached hydrogens (tertiary/aromatic N) is 3. The third-order valence-electron chi connectivity index (χ3n) is 4.66. The second-order valence-electron chi connectivity index (χ2n) is 6.30. The van der Waals surface area contributed by atoms with Crippen molar-refractivity contribution in [2.75, 3.05) is 0 Å². The molecule has 28 heavy (non-hydrogen) atoms. The molecule has 0 spiro atoms. The second kappa shape index (κ2) is 6.55. The van der Waals surface area contributed by atoms with Crippen molar-refractivity contribution < 1.29 is 18.0 Å². The van der Waals surface area contributed by atoms with Crippen LogP contribution in [0.1, 0.15) is 5.56 Å². The molecule has 2 unspecified atom stereocenters. The van der Waals surface area contributed by atoms with Gasteiger partial charge in [-0.05, 0) is 23.8 Å². The van der Waals surface area contributed by atoms with Crippen molar-refractivity contribution in [3.05, 3.63) is 77.9 Å². The molecule has 0 N–H and O–H groups in total. The van der Waals surface area contributed by atoms with E-state index in [9.17, 15) is 23.3 Å². The highest BCUT2D eigenvalue weighted by Gasteiger charge is 2.51. The third kappa shape index (κ3) is 2.64. The topological polar surface area (TPSA) is 108 Å². The number of fused-ring (bicyclic) bond motifs is 1. The molecule has 0 saturated heterocycles. The monoisotopic (exact) mass is 391 g/mol. The number of Topliss-reactive ketones (excluding diaryl/α,β-unsaturated/α-hetero) is 2. The van der Waals surface area contributed by atoms with Gasteiger partial charge in [-0.1, -0.05) is 48.5 Å². The zero-order valence-electron chi connectivity index (χ0n) is 14.4. The van der Waals surface area contributed by atoms with Gasteiger partial charge in [0, 0.05) is 0 Å². The number of rotatable bonds is 3. The summed E-state index contributed by atoms with van der Waals surface area (Å²) in [6.45, 7) is 0. The molecule has 2 aromatic rings. The van der Waals surface area contributed by atoms with Crippen LogP contribution < -0.4 is 0 Å². The highest BCUT2D eigenvalue weighted by atomic mass is 32.2. The summed E-state index contributed by atoms with van der Waals surface area (Å²) < 4.78 is 27.2. The number of allylic oxidation sites excluding steroid dienone is 1. The fourth-order valence-electron chi connectivity index (χ4n) is 3.33. The molecule has 1 heterocycles. The fourth-order valence-corrected chi connectivity index (χ4v) is 4.75. The second-order valence-corrected chi connectivity index (χ2v) is 8.09. The summed E-state index contributed by atoms with van der Waals surface area (Å²) in [5.41, 5.74) is 0.360. The summed E-state index contributed by atoms with van der Waals surface area (Å²) in [7, 11) is -4.09. The van der Waals surface area contributed by atoms with Crippen LogP contribution in [0.2, 0.25) is 0 Å². The Morgan fingerprint density at radius 2 is 1.57 bits per heavy atom. The van der Waals surface area contributed by atoms with Crippen LogP contribution >= 0.6 is 0 Å². The van der Waals surface area contributed by atoms with Crippen LogP contribution in [0.4, 0.5) is 0 Å². The van der Waals surface area contributed by atoms with Crippen LogP contribution in [0.25, 0.3) is 0 Å². The van der Waals surface area contributed by atoms with E-state index in [4.69, 9.17) is 0 Å². The molecule has 0 bridgehead atoms. The predicted molar refractivity (Wildman–Crippen MR) is 99.4 cm³/mol. The van der Waals surface area contributed by atoms with Crippen LogP contribution in [-0.4, -0.2) is 36.2 Å². The molecule has 1 aliphatic heterocycles. The minimum atomic E-state index is -4.09. The van der Waals surface area contributed by atoms with Gasteiger partial charge in [0.15, 0.2) is 0 Å². The first-order valence-electron chi connectivity index (χ1n) is 8.39.